The van der Waals surface area contributed by atoms with Crippen LogP contribution in [0.4, 0.5) is 0 Å². The van der Waals surface area contributed by atoms with Crippen molar-refractivity contribution >= 4 is 11.9 Å². The lowest BCUT2D eigenvalue weighted by Crippen LogP contribution is -2.60. The van der Waals surface area contributed by atoms with Crippen LogP contribution >= 0.6 is 0 Å². The topological polar surface area (TPSA) is 92.9 Å². The number of nitrogens with two attached hydrogens (primary N) is 1. The van der Waals surface area contributed by atoms with Gasteiger partial charge in [-0.3, -0.25) is 9.59 Å². The molecule has 2 fully saturated rings. The highest BCUT2D eigenvalue weighted by Crippen LogP contribution is 2.39. The average Bonchev–Trinajstić information content (AvgIpc) is 3.12. The van der Waals surface area contributed by atoms with Gasteiger partial charge in [0.2, 0.25) is 5.91 Å². The predicted molar refractivity (Wildman–Crippen MR) is 63.9 cm³/mol. The van der Waals surface area contributed by atoms with Crippen molar-refractivity contribution < 1.29 is 19.4 Å². The van der Waals surface area contributed by atoms with E-state index in [0.29, 0.717) is 13.2 Å². The molecule has 2 atom stereocenters. The quantitative estimate of drug-likeness (QED) is 0.727. The number of carbonyl (C=O) groups is 2. The van der Waals surface area contributed by atoms with Crippen LogP contribution in [0.2, 0.25) is 0 Å². The lowest BCUT2D eigenvalue weighted by atomic mass is 9.94. The van der Waals surface area contributed by atoms with Gasteiger partial charge in [0, 0.05) is 6.54 Å². The molecule has 0 aromatic carbocycles. The molecule has 2 aliphatic rings. The molecule has 0 radical (unpaired) electrons. The number of carbonyl (C=O) groups excluding carboxylic acids is 1. The summed E-state index contributed by atoms with van der Waals surface area (Å²) in [6.45, 7) is 2.90. The molecule has 1 heterocycles. The van der Waals surface area contributed by atoms with Gasteiger partial charge < -0.3 is 20.5 Å². The molecule has 6 heteroatoms. The van der Waals surface area contributed by atoms with Gasteiger partial charge in [-0.1, -0.05) is 0 Å². The van der Waals surface area contributed by atoms with Gasteiger partial charge in [0.05, 0.1) is 31.2 Å². The van der Waals surface area contributed by atoms with Crippen molar-refractivity contribution in [3.05, 3.63) is 0 Å². The van der Waals surface area contributed by atoms with Crippen molar-refractivity contribution in [2.75, 3.05) is 19.8 Å². The minimum absolute atomic E-state index is 0.0908. The first-order valence-corrected chi connectivity index (χ1v) is 6.32. The Morgan fingerprint density at radius 1 is 1.50 bits per heavy atom. The first-order chi connectivity index (χ1) is 8.43. The number of carboxylic acid groups (broad SMARTS) is 1. The number of amides is 1. The van der Waals surface area contributed by atoms with Crippen LogP contribution in [0.5, 0.6) is 0 Å². The zero-order valence-electron chi connectivity index (χ0n) is 10.6. The molecule has 1 aliphatic carbocycles. The third-order valence-corrected chi connectivity index (χ3v) is 3.78. The number of morpholine rings is 1. The third-order valence-electron chi connectivity index (χ3n) is 3.78. The summed E-state index contributed by atoms with van der Waals surface area (Å²) in [5, 5.41) is 8.86. The molecule has 0 aromatic heterocycles. The summed E-state index contributed by atoms with van der Waals surface area (Å²) >= 11 is 0. The van der Waals surface area contributed by atoms with Crippen molar-refractivity contribution in [1.82, 2.24) is 4.90 Å². The molecule has 1 aliphatic heterocycles. The first kappa shape index (κ1) is 13.3. The van der Waals surface area contributed by atoms with Crippen LogP contribution in [0.3, 0.4) is 0 Å². The molecule has 1 amide bonds. The fourth-order valence-corrected chi connectivity index (χ4v) is 2.46. The molecule has 1 saturated heterocycles. The normalized spacial score (nSPS) is 27.7. The molecule has 2 unspecified atom stereocenters. The molecule has 0 spiro atoms. The summed E-state index contributed by atoms with van der Waals surface area (Å²) < 4.78 is 5.25. The molecule has 6 nitrogen and oxygen atoms in total. The van der Waals surface area contributed by atoms with Crippen LogP contribution < -0.4 is 5.73 Å². The summed E-state index contributed by atoms with van der Waals surface area (Å²) in [6, 6.07) is -0.398. The van der Waals surface area contributed by atoms with Gasteiger partial charge >= 0.3 is 5.97 Å². The molecule has 18 heavy (non-hydrogen) atoms. The first-order valence-electron chi connectivity index (χ1n) is 6.32. The van der Waals surface area contributed by atoms with Crippen molar-refractivity contribution in [2.45, 2.75) is 37.8 Å². The fraction of sp³-hybridized carbons (Fsp3) is 0.833. The average molecular weight is 256 g/mol. The van der Waals surface area contributed by atoms with Crippen LogP contribution in [0.15, 0.2) is 0 Å². The van der Waals surface area contributed by atoms with Gasteiger partial charge in [0.1, 0.15) is 0 Å². The van der Waals surface area contributed by atoms with E-state index in [1.165, 1.54) is 0 Å². The molecule has 3 N–H and O–H groups in total. The van der Waals surface area contributed by atoms with Gasteiger partial charge in [0.25, 0.3) is 0 Å². The number of hydrogen-bond acceptors (Lipinski definition) is 4. The van der Waals surface area contributed by atoms with Crippen molar-refractivity contribution in [2.24, 2.45) is 11.7 Å². The number of nitrogens with zero attached hydrogens (tertiary/aromatic N) is 1. The van der Waals surface area contributed by atoms with E-state index in [-0.39, 0.29) is 24.9 Å². The van der Waals surface area contributed by atoms with E-state index in [2.05, 4.69) is 0 Å². The maximum Gasteiger partial charge on any atom is 0.305 e. The SMILES string of the molecule is CC(N)(C(=O)N1CCOCC1CC(=O)O)C1CC1. The molecule has 2 rings (SSSR count). The van der Waals surface area contributed by atoms with Gasteiger partial charge in [-0.2, -0.15) is 0 Å². The predicted octanol–water partition coefficient (Wildman–Crippen LogP) is -0.184. The van der Waals surface area contributed by atoms with Gasteiger partial charge in [-0.25, -0.2) is 0 Å². The lowest BCUT2D eigenvalue weighted by molar-refractivity contribution is -0.150. The Morgan fingerprint density at radius 3 is 2.72 bits per heavy atom. The van der Waals surface area contributed by atoms with Gasteiger partial charge in [-0.15, -0.1) is 0 Å². The summed E-state index contributed by atoms with van der Waals surface area (Å²) in [7, 11) is 0. The fourth-order valence-electron chi connectivity index (χ4n) is 2.46. The van der Waals surface area contributed by atoms with E-state index >= 15 is 0 Å². The number of aliphatic carboxylic acids is 1. The number of ether oxygens (including phenoxy) is 1. The Morgan fingerprint density at radius 2 is 2.17 bits per heavy atom. The van der Waals surface area contributed by atoms with Gasteiger partial charge in [-0.05, 0) is 25.7 Å². The lowest BCUT2D eigenvalue weighted by Gasteiger charge is -2.39. The van der Waals surface area contributed by atoms with Crippen LogP contribution in [0, 0.1) is 5.92 Å². The second kappa shape index (κ2) is 4.85. The Kier molecular flexibility index (Phi) is 3.59. The smallest absolute Gasteiger partial charge is 0.305 e. The molecule has 0 aromatic rings. The maximum atomic E-state index is 12.4. The molecule has 0 bridgehead atoms. The van der Waals surface area contributed by atoms with E-state index in [9.17, 15) is 9.59 Å². The maximum absolute atomic E-state index is 12.4. The second-order valence-electron chi connectivity index (χ2n) is 5.38. The Labute approximate surface area is 106 Å². The van der Waals surface area contributed by atoms with Crippen LogP contribution in [-0.2, 0) is 14.3 Å². The molecular weight excluding hydrogens is 236 g/mol. The molecule has 102 valence electrons. The highest BCUT2D eigenvalue weighted by molar-refractivity contribution is 5.87. The van der Waals surface area contributed by atoms with E-state index in [1.54, 1.807) is 11.8 Å². The number of carboxylic acids is 1. The Balaban J connectivity index is 2.07. The van der Waals surface area contributed by atoms with Crippen LogP contribution in [0.1, 0.15) is 26.2 Å². The molecule has 1 saturated carbocycles. The summed E-state index contributed by atoms with van der Waals surface area (Å²) in [5.41, 5.74) is 5.24. The number of rotatable bonds is 4. The van der Waals surface area contributed by atoms with Crippen molar-refractivity contribution in [3.8, 4) is 0 Å². The van der Waals surface area contributed by atoms with Gasteiger partial charge in [0.15, 0.2) is 0 Å². The highest BCUT2D eigenvalue weighted by atomic mass is 16.5. The van der Waals surface area contributed by atoms with E-state index in [1.807, 2.05) is 0 Å². The zero-order chi connectivity index (χ0) is 13.3. The molecular formula is C12H20N2O4. The van der Waals surface area contributed by atoms with Crippen LogP contribution in [0.25, 0.3) is 0 Å². The van der Waals surface area contributed by atoms with Crippen LogP contribution in [-0.4, -0.2) is 53.2 Å². The Hall–Kier alpha value is -1.14. The largest absolute Gasteiger partial charge is 0.481 e. The van der Waals surface area contributed by atoms with Crippen molar-refractivity contribution in [1.29, 1.82) is 0 Å². The Bertz CT molecular complexity index is 352. The summed E-state index contributed by atoms with van der Waals surface area (Å²) in [5.74, 6) is -0.827. The zero-order valence-corrected chi connectivity index (χ0v) is 10.6. The van der Waals surface area contributed by atoms with Crippen molar-refractivity contribution in [3.63, 3.8) is 0 Å². The minimum Gasteiger partial charge on any atom is -0.481 e. The second-order valence-corrected chi connectivity index (χ2v) is 5.38. The summed E-state index contributed by atoms with van der Waals surface area (Å²) in [6.07, 6.45) is 1.87. The monoisotopic (exact) mass is 256 g/mol. The number of hydrogen-bond donors (Lipinski definition) is 2. The summed E-state index contributed by atoms with van der Waals surface area (Å²) in [4.78, 5) is 24.8. The van der Waals surface area contributed by atoms with E-state index in [0.717, 1.165) is 12.8 Å². The van der Waals surface area contributed by atoms with E-state index in [4.69, 9.17) is 15.6 Å². The van der Waals surface area contributed by atoms with E-state index < -0.39 is 17.6 Å². The minimum atomic E-state index is -0.923. The standard InChI is InChI=1S/C12H20N2O4/c1-12(13,8-2-3-8)11(17)14-4-5-18-7-9(14)6-10(15)16/h8-9H,2-7,13H2,1H3,(H,15,16). The third kappa shape index (κ3) is 2.64. The highest BCUT2D eigenvalue weighted by Gasteiger charge is 2.47.